The highest BCUT2D eigenvalue weighted by atomic mass is 16.6. The largest absolute Gasteiger partial charge is 0.369 e. The summed E-state index contributed by atoms with van der Waals surface area (Å²) in [4.78, 5) is 27.9. The van der Waals surface area contributed by atoms with Gasteiger partial charge >= 0.3 is 0 Å². The fourth-order valence-electron chi connectivity index (χ4n) is 5.73. The number of nitro groups is 1. The molecule has 1 saturated heterocycles. The summed E-state index contributed by atoms with van der Waals surface area (Å²) in [7, 11) is 1.81. The normalized spacial score (nSPS) is 30.4. The summed E-state index contributed by atoms with van der Waals surface area (Å²) in [6.45, 7) is 2.69. The second-order valence-corrected chi connectivity index (χ2v) is 8.20. The van der Waals surface area contributed by atoms with Crippen molar-refractivity contribution in [1.82, 2.24) is 4.90 Å². The van der Waals surface area contributed by atoms with Gasteiger partial charge in [-0.2, -0.15) is 0 Å². The number of para-hydroxylation sites is 1. The van der Waals surface area contributed by atoms with E-state index in [0.717, 1.165) is 17.5 Å². The van der Waals surface area contributed by atoms with Crippen LogP contribution in [0.15, 0.2) is 42.5 Å². The van der Waals surface area contributed by atoms with E-state index in [2.05, 4.69) is 18.3 Å². The lowest BCUT2D eigenvalue weighted by atomic mass is 9.67. The lowest BCUT2D eigenvalue weighted by Crippen LogP contribution is -2.65. The molecule has 1 fully saturated rings. The molecule has 29 heavy (non-hydrogen) atoms. The number of aryl methyl sites for hydroxylation is 1. The zero-order chi connectivity index (χ0) is 20.4. The number of rotatable bonds is 2. The second kappa shape index (κ2) is 6.11. The third-order valence-corrected chi connectivity index (χ3v) is 7.02. The highest BCUT2D eigenvalue weighted by molar-refractivity contribution is 6.07. The van der Waals surface area contributed by atoms with Gasteiger partial charge < -0.3 is 10.1 Å². The lowest BCUT2D eigenvalue weighted by molar-refractivity contribution is -0.587. The molecule has 0 bridgehead atoms. The van der Waals surface area contributed by atoms with Gasteiger partial charge in [0.05, 0.1) is 12.5 Å². The number of carbonyl (C=O) groups excluding carboxylic acids is 1. The van der Waals surface area contributed by atoms with Crippen molar-refractivity contribution in [3.05, 3.63) is 74.8 Å². The maximum Gasteiger partial charge on any atom is 0.284 e. The third kappa shape index (κ3) is 2.06. The van der Waals surface area contributed by atoms with Gasteiger partial charge in [-0.05, 0) is 36.2 Å². The number of ether oxygens (including phenoxy) is 1. The van der Waals surface area contributed by atoms with Crippen molar-refractivity contribution in [3.63, 3.8) is 0 Å². The van der Waals surface area contributed by atoms with Crippen LogP contribution in [0.1, 0.15) is 35.1 Å². The number of likely N-dealkylation sites (tertiary alicyclic amines) is 1. The van der Waals surface area contributed by atoms with Gasteiger partial charge in [-0.1, -0.05) is 43.3 Å². The van der Waals surface area contributed by atoms with Gasteiger partial charge in [0.15, 0.2) is 0 Å². The number of anilines is 1. The molecule has 150 valence electrons. The maximum atomic E-state index is 13.4. The van der Waals surface area contributed by atoms with Crippen LogP contribution in [0.25, 0.3) is 0 Å². The number of carbonyl (C=O) groups is 1. The number of nitrogens with one attached hydrogen (secondary N) is 1. The van der Waals surface area contributed by atoms with E-state index in [1.807, 2.05) is 42.3 Å². The molecule has 1 N–H and O–H groups in total. The van der Waals surface area contributed by atoms with Crippen LogP contribution in [0.4, 0.5) is 5.69 Å². The SMILES string of the molecule is CCc1ccc2c(c1)COC[C@]1([N+](=O)[O-])[C@H]2CN(C)C12C(=O)Nc1ccccc12. The predicted octanol–water partition coefficient (Wildman–Crippen LogP) is 2.67. The summed E-state index contributed by atoms with van der Waals surface area (Å²) in [5.41, 5.74) is 1.33. The molecule has 7 heteroatoms. The van der Waals surface area contributed by atoms with Crippen LogP contribution >= 0.6 is 0 Å². The van der Waals surface area contributed by atoms with Crippen molar-refractivity contribution in [2.24, 2.45) is 0 Å². The Labute approximate surface area is 168 Å². The molecule has 0 aromatic heterocycles. The summed E-state index contributed by atoms with van der Waals surface area (Å²) in [5.74, 6) is -0.805. The predicted molar refractivity (Wildman–Crippen MR) is 107 cm³/mol. The first-order valence-corrected chi connectivity index (χ1v) is 9.93. The van der Waals surface area contributed by atoms with Crippen molar-refractivity contribution in [3.8, 4) is 0 Å². The minimum atomic E-state index is -1.61. The van der Waals surface area contributed by atoms with Gasteiger partial charge in [-0.15, -0.1) is 0 Å². The molecule has 0 saturated carbocycles. The summed E-state index contributed by atoms with van der Waals surface area (Å²) >= 11 is 0. The highest BCUT2D eigenvalue weighted by Gasteiger charge is 2.79. The zero-order valence-electron chi connectivity index (χ0n) is 16.5. The van der Waals surface area contributed by atoms with Crippen molar-refractivity contribution < 1.29 is 14.5 Å². The third-order valence-electron chi connectivity index (χ3n) is 7.02. The maximum absolute atomic E-state index is 13.4. The van der Waals surface area contributed by atoms with Crippen LogP contribution in [-0.4, -0.2) is 41.5 Å². The van der Waals surface area contributed by atoms with Gasteiger partial charge in [0.1, 0.15) is 6.61 Å². The Bertz CT molecular complexity index is 1040. The minimum Gasteiger partial charge on any atom is -0.369 e. The fraction of sp³-hybridized carbons (Fsp3) is 0.409. The molecule has 0 aliphatic carbocycles. The smallest absolute Gasteiger partial charge is 0.284 e. The number of hydrogen-bond donors (Lipinski definition) is 1. The average molecular weight is 393 g/mol. The van der Waals surface area contributed by atoms with Gasteiger partial charge in [-0.3, -0.25) is 19.8 Å². The standard InChI is InChI=1S/C22H23N3O4/c1-3-14-8-9-16-15(10-14)12-29-13-21(25(27)28)18(16)11-24(2)22(21)17-6-4-5-7-19(17)23-20(22)26/h4-10,18H,3,11-13H2,1-2H3,(H,23,26)/t18-,21-,22?/m0/s1. The van der Waals surface area contributed by atoms with E-state index in [4.69, 9.17) is 4.74 Å². The van der Waals surface area contributed by atoms with Crippen molar-refractivity contribution in [2.75, 3.05) is 25.5 Å². The summed E-state index contributed by atoms with van der Waals surface area (Å²) < 4.78 is 5.95. The summed E-state index contributed by atoms with van der Waals surface area (Å²) in [6, 6.07) is 13.4. The monoisotopic (exact) mass is 393 g/mol. The molecular weight excluding hydrogens is 370 g/mol. The van der Waals surface area contributed by atoms with Crippen LogP contribution in [0.5, 0.6) is 0 Å². The first kappa shape index (κ1) is 18.3. The molecular formula is C22H23N3O4. The van der Waals surface area contributed by atoms with Crippen LogP contribution in [0.2, 0.25) is 0 Å². The Kier molecular flexibility index (Phi) is 3.85. The van der Waals surface area contributed by atoms with E-state index in [1.54, 1.807) is 6.07 Å². The Morgan fingerprint density at radius 1 is 1.31 bits per heavy atom. The van der Waals surface area contributed by atoms with Crippen LogP contribution in [-0.2, 0) is 28.1 Å². The molecule has 3 aliphatic heterocycles. The molecule has 2 aromatic rings. The van der Waals surface area contributed by atoms with E-state index in [-0.39, 0.29) is 17.4 Å². The Hall–Kier alpha value is -2.77. The minimum absolute atomic E-state index is 0.118. The van der Waals surface area contributed by atoms with E-state index in [9.17, 15) is 14.9 Å². The molecule has 1 spiro atoms. The Balaban J connectivity index is 1.80. The number of hydrogen-bond acceptors (Lipinski definition) is 5. The topological polar surface area (TPSA) is 84.7 Å². The Morgan fingerprint density at radius 2 is 2.10 bits per heavy atom. The molecule has 2 aromatic carbocycles. The quantitative estimate of drug-likeness (QED) is 0.626. The van der Waals surface area contributed by atoms with Crippen molar-refractivity contribution in [1.29, 1.82) is 0 Å². The number of fused-ring (bicyclic) bond motifs is 6. The first-order valence-electron chi connectivity index (χ1n) is 9.93. The molecule has 1 unspecified atom stereocenters. The van der Waals surface area contributed by atoms with Crippen LogP contribution < -0.4 is 5.32 Å². The molecule has 1 amide bonds. The van der Waals surface area contributed by atoms with Gasteiger partial charge in [0, 0.05) is 22.7 Å². The van der Waals surface area contributed by atoms with E-state index in [1.165, 1.54) is 5.56 Å². The summed E-state index contributed by atoms with van der Waals surface area (Å²) in [6.07, 6.45) is 0.887. The number of amides is 1. The van der Waals surface area contributed by atoms with Crippen molar-refractivity contribution in [2.45, 2.75) is 36.9 Å². The Morgan fingerprint density at radius 3 is 2.86 bits per heavy atom. The molecule has 0 radical (unpaired) electrons. The molecule has 3 atom stereocenters. The zero-order valence-corrected chi connectivity index (χ0v) is 16.5. The number of nitrogens with zero attached hydrogens (tertiary/aromatic N) is 2. The van der Waals surface area contributed by atoms with Crippen molar-refractivity contribution >= 4 is 11.6 Å². The van der Waals surface area contributed by atoms with Crippen LogP contribution in [0, 0.1) is 10.1 Å². The van der Waals surface area contributed by atoms with E-state index in [0.29, 0.717) is 24.4 Å². The summed E-state index contributed by atoms with van der Waals surface area (Å²) in [5, 5.41) is 15.7. The fourth-order valence-corrected chi connectivity index (χ4v) is 5.73. The van der Waals surface area contributed by atoms with E-state index >= 15 is 0 Å². The second-order valence-electron chi connectivity index (χ2n) is 8.20. The first-order chi connectivity index (χ1) is 14.0. The highest BCUT2D eigenvalue weighted by Crippen LogP contribution is 2.59. The lowest BCUT2D eigenvalue weighted by Gasteiger charge is -2.38. The number of likely N-dealkylation sites (N-methyl/N-ethyl adjacent to an activating group) is 1. The molecule has 5 rings (SSSR count). The van der Waals surface area contributed by atoms with Crippen LogP contribution in [0.3, 0.4) is 0 Å². The van der Waals surface area contributed by atoms with E-state index < -0.39 is 17.0 Å². The van der Waals surface area contributed by atoms with Gasteiger partial charge in [0.25, 0.3) is 11.4 Å². The number of benzene rings is 2. The molecule has 7 nitrogen and oxygen atoms in total. The molecule has 3 aliphatic rings. The average Bonchev–Trinajstić information content (AvgIpc) is 3.09. The molecule has 3 heterocycles. The van der Waals surface area contributed by atoms with Gasteiger partial charge in [0.2, 0.25) is 5.54 Å². The van der Waals surface area contributed by atoms with Gasteiger partial charge in [-0.25, -0.2) is 0 Å².